The van der Waals surface area contributed by atoms with Crippen molar-refractivity contribution in [3.8, 4) is 0 Å². The van der Waals surface area contributed by atoms with Crippen LogP contribution in [0.25, 0.3) is 0 Å². The van der Waals surface area contributed by atoms with E-state index in [1.54, 1.807) is 0 Å². The lowest BCUT2D eigenvalue weighted by Crippen LogP contribution is -2.49. The molecule has 0 spiro atoms. The second-order valence-electron chi connectivity index (χ2n) is 6.13. The van der Waals surface area contributed by atoms with Gasteiger partial charge in [0.05, 0.1) is 12.0 Å². The number of hydrogen-bond donors (Lipinski definition) is 1. The van der Waals surface area contributed by atoms with Gasteiger partial charge < -0.3 is 10.0 Å². The Bertz CT molecular complexity index is 364. The van der Waals surface area contributed by atoms with Crippen LogP contribution < -0.4 is 0 Å². The first-order valence-electron chi connectivity index (χ1n) is 7.79. The third kappa shape index (κ3) is 3.14. The van der Waals surface area contributed by atoms with E-state index in [1.807, 2.05) is 18.7 Å². The predicted octanol–water partition coefficient (Wildman–Crippen LogP) is 1.57. The van der Waals surface area contributed by atoms with Crippen LogP contribution in [0.5, 0.6) is 0 Å². The molecule has 0 bridgehead atoms. The van der Waals surface area contributed by atoms with E-state index in [0.29, 0.717) is 13.0 Å². The van der Waals surface area contributed by atoms with Crippen molar-refractivity contribution in [2.75, 3.05) is 19.6 Å². The van der Waals surface area contributed by atoms with Crippen molar-refractivity contribution < 1.29 is 14.7 Å². The van der Waals surface area contributed by atoms with Crippen LogP contribution in [-0.4, -0.2) is 58.5 Å². The molecule has 5 nitrogen and oxygen atoms in total. The maximum atomic E-state index is 12.6. The zero-order valence-corrected chi connectivity index (χ0v) is 12.5. The average Bonchev–Trinajstić information content (AvgIpc) is 2.65. The summed E-state index contributed by atoms with van der Waals surface area (Å²) in [6.45, 7) is 6.27. The van der Waals surface area contributed by atoms with E-state index in [9.17, 15) is 14.7 Å². The summed E-state index contributed by atoms with van der Waals surface area (Å²) >= 11 is 0. The summed E-state index contributed by atoms with van der Waals surface area (Å²) in [6, 6.07) is -0.258. The highest BCUT2D eigenvalue weighted by atomic mass is 16.4. The van der Waals surface area contributed by atoms with Gasteiger partial charge in [-0.15, -0.1) is 0 Å². The molecule has 20 heavy (non-hydrogen) atoms. The van der Waals surface area contributed by atoms with Crippen LogP contribution in [0.1, 0.15) is 46.0 Å². The average molecular weight is 282 g/mol. The SMILES string of the molecule is CC(C(=O)N1CCCCCC1)N1CCC(C(=O)O)C1C. The molecule has 5 heteroatoms. The van der Waals surface area contributed by atoms with Gasteiger partial charge in [0.15, 0.2) is 0 Å². The van der Waals surface area contributed by atoms with Crippen molar-refractivity contribution >= 4 is 11.9 Å². The van der Waals surface area contributed by atoms with Crippen LogP contribution in [0.3, 0.4) is 0 Å². The predicted molar refractivity (Wildman–Crippen MR) is 76.4 cm³/mol. The van der Waals surface area contributed by atoms with Gasteiger partial charge in [0.1, 0.15) is 0 Å². The van der Waals surface area contributed by atoms with Crippen molar-refractivity contribution in [3.05, 3.63) is 0 Å². The molecule has 0 radical (unpaired) electrons. The van der Waals surface area contributed by atoms with Crippen molar-refractivity contribution in [2.24, 2.45) is 5.92 Å². The van der Waals surface area contributed by atoms with Gasteiger partial charge >= 0.3 is 5.97 Å². The highest BCUT2D eigenvalue weighted by Crippen LogP contribution is 2.27. The number of nitrogens with zero attached hydrogens (tertiary/aromatic N) is 2. The number of amides is 1. The Morgan fingerprint density at radius 3 is 2.20 bits per heavy atom. The number of likely N-dealkylation sites (tertiary alicyclic amines) is 2. The van der Waals surface area contributed by atoms with Crippen LogP contribution in [0.2, 0.25) is 0 Å². The zero-order valence-electron chi connectivity index (χ0n) is 12.5. The van der Waals surface area contributed by atoms with E-state index in [4.69, 9.17) is 0 Å². The van der Waals surface area contributed by atoms with Crippen LogP contribution in [-0.2, 0) is 9.59 Å². The van der Waals surface area contributed by atoms with E-state index in [2.05, 4.69) is 4.90 Å². The van der Waals surface area contributed by atoms with E-state index in [1.165, 1.54) is 12.8 Å². The van der Waals surface area contributed by atoms with Gasteiger partial charge in [0, 0.05) is 25.7 Å². The highest BCUT2D eigenvalue weighted by Gasteiger charge is 2.40. The van der Waals surface area contributed by atoms with Gasteiger partial charge in [-0.1, -0.05) is 12.8 Å². The number of carboxylic acids is 1. The van der Waals surface area contributed by atoms with Crippen molar-refractivity contribution in [1.82, 2.24) is 9.80 Å². The monoisotopic (exact) mass is 282 g/mol. The molecule has 0 aromatic carbocycles. The van der Waals surface area contributed by atoms with Crippen LogP contribution >= 0.6 is 0 Å². The summed E-state index contributed by atoms with van der Waals surface area (Å²) in [4.78, 5) is 27.8. The van der Waals surface area contributed by atoms with Gasteiger partial charge in [0.25, 0.3) is 0 Å². The fraction of sp³-hybridized carbons (Fsp3) is 0.867. The molecular weight excluding hydrogens is 256 g/mol. The number of rotatable bonds is 3. The van der Waals surface area contributed by atoms with E-state index < -0.39 is 5.97 Å². The van der Waals surface area contributed by atoms with E-state index in [-0.39, 0.29) is 23.9 Å². The Morgan fingerprint density at radius 1 is 1.10 bits per heavy atom. The van der Waals surface area contributed by atoms with Crippen molar-refractivity contribution in [1.29, 1.82) is 0 Å². The molecule has 0 aromatic heterocycles. The standard InChI is InChI=1S/C15H26N2O3/c1-11-13(15(19)20)7-10-17(11)12(2)14(18)16-8-5-3-4-6-9-16/h11-13H,3-10H2,1-2H3,(H,19,20). The van der Waals surface area contributed by atoms with Gasteiger partial charge in [0.2, 0.25) is 5.91 Å². The first-order valence-corrected chi connectivity index (χ1v) is 7.79. The molecule has 1 N–H and O–H groups in total. The fourth-order valence-corrected chi connectivity index (χ4v) is 3.54. The number of hydrogen-bond acceptors (Lipinski definition) is 3. The number of carbonyl (C=O) groups excluding carboxylic acids is 1. The second-order valence-corrected chi connectivity index (χ2v) is 6.13. The normalized spacial score (nSPS) is 30.0. The third-order valence-electron chi connectivity index (χ3n) is 4.89. The molecule has 2 saturated heterocycles. The molecule has 3 unspecified atom stereocenters. The van der Waals surface area contributed by atoms with Gasteiger partial charge in [-0.05, 0) is 33.1 Å². The lowest BCUT2D eigenvalue weighted by atomic mass is 10.0. The molecule has 1 amide bonds. The Hall–Kier alpha value is -1.10. The van der Waals surface area contributed by atoms with Crippen LogP contribution in [0, 0.1) is 5.92 Å². The first kappa shape index (κ1) is 15.3. The lowest BCUT2D eigenvalue weighted by molar-refractivity contribution is -0.144. The van der Waals surface area contributed by atoms with Crippen LogP contribution in [0.15, 0.2) is 0 Å². The topological polar surface area (TPSA) is 60.9 Å². The quantitative estimate of drug-likeness (QED) is 0.853. The fourth-order valence-electron chi connectivity index (χ4n) is 3.54. The molecule has 2 rings (SSSR count). The number of aliphatic carboxylic acids is 1. The molecular formula is C15H26N2O3. The second kappa shape index (κ2) is 6.57. The zero-order chi connectivity index (χ0) is 14.7. The minimum Gasteiger partial charge on any atom is -0.481 e. The maximum Gasteiger partial charge on any atom is 0.308 e. The number of carbonyl (C=O) groups is 2. The summed E-state index contributed by atoms with van der Waals surface area (Å²) in [5, 5.41) is 9.19. The van der Waals surface area contributed by atoms with Gasteiger partial charge in [-0.3, -0.25) is 14.5 Å². The minimum absolute atomic E-state index is 0.0570. The highest BCUT2D eigenvalue weighted by molar-refractivity contribution is 5.82. The summed E-state index contributed by atoms with van der Waals surface area (Å²) in [6.07, 6.45) is 5.24. The van der Waals surface area contributed by atoms with Gasteiger partial charge in [-0.25, -0.2) is 0 Å². The molecule has 2 aliphatic heterocycles. The summed E-state index contributed by atoms with van der Waals surface area (Å²) < 4.78 is 0. The molecule has 3 atom stereocenters. The lowest BCUT2D eigenvalue weighted by Gasteiger charge is -2.32. The molecule has 0 aromatic rings. The van der Waals surface area contributed by atoms with E-state index >= 15 is 0 Å². The molecule has 0 aliphatic carbocycles. The van der Waals surface area contributed by atoms with Crippen molar-refractivity contribution in [3.63, 3.8) is 0 Å². The first-order chi connectivity index (χ1) is 9.52. The molecule has 2 fully saturated rings. The molecule has 0 saturated carbocycles. The van der Waals surface area contributed by atoms with Gasteiger partial charge in [-0.2, -0.15) is 0 Å². The summed E-state index contributed by atoms with van der Waals surface area (Å²) in [7, 11) is 0. The van der Waals surface area contributed by atoms with E-state index in [0.717, 1.165) is 25.9 Å². The summed E-state index contributed by atoms with van der Waals surface area (Å²) in [5.74, 6) is -0.909. The Morgan fingerprint density at radius 2 is 1.70 bits per heavy atom. The largest absolute Gasteiger partial charge is 0.481 e. The molecule has 114 valence electrons. The van der Waals surface area contributed by atoms with Crippen LogP contribution in [0.4, 0.5) is 0 Å². The molecule has 2 aliphatic rings. The minimum atomic E-state index is -0.741. The summed E-state index contributed by atoms with van der Waals surface area (Å²) in [5.41, 5.74) is 0. The Balaban J connectivity index is 1.98. The molecule has 2 heterocycles. The third-order valence-corrected chi connectivity index (χ3v) is 4.89. The Labute approximate surface area is 120 Å². The maximum absolute atomic E-state index is 12.6. The smallest absolute Gasteiger partial charge is 0.308 e. The Kier molecular flexibility index (Phi) is 5.02. The van der Waals surface area contributed by atoms with Crippen molar-refractivity contribution in [2.45, 2.75) is 58.0 Å². The number of carboxylic acid groups (broad SMARTS) is 1.